The Morgan fingerprint density at radius 3 is 2.59 bits per heavy atom. The SMILES string of the molecule is O=C(NOC1CCCCO1)[C@H]1C2CC[C@H](CN1S(=O)(=O)c1ccc(OCc3ccccc3)c(F)c1)N2C(=O)O. The zero-order valence-electron chi connectivity index (χ0n) is 21.1. The predicted molar refractivity (Wildman–Crippen MR) is 134 cm³/mol. The average Bonchev–Trinajstić information content (AvgIpc) is 3.25. The van der Waals surface area contributed by atoms with E-state index in [1.54, 1.807) is 0 Å². The lowest BCUT2D eigenvalue weighted by Crippen LogP contribution is -2.66. The van der Waals surface area contributed by atoms with Crippen LogP contribution in [0.5, 0.6) is 5.75 Å². The number of nitrogens with zero attached hydrogens (tertiary/aromatic N) is 2. The van der Waals surface area contributed by atoms with Gasteiger partial charge in [0, 0.05) is 25.6 Å². The Hall–Kier alpha value is -3.26. The molecule has 0 aromatic heterocycles. The van der Waals surface area contributed by atoms with Crippen LogP contribution in [0.15, 0.2) is 53.4 Å². The number of amides is 2. The van der Waals surface area contributed by atoms with Crippen LogP contribution >= 0.6 is 0 Å². The van der Waals surface area contributed by atoms with Crippen LogP contribution < -0.4 is 10.2 Å². The van der Waals surface area contributed by atoms with Crippen LogP contribution in [0.25, 0.3) is 0 Å². The van der Waals surface area contributed by atoms with E-state index in [0.717, 1.165) is 33.7 Å². The van der Waals surface area contributed by atoms with Gasteiger partial charge in [0.25, 0.3) is 5.91 Å². The van der Waals surface area contributed by atoms with E-state index in [0.29, 0.717) is 25.9 Å². The summed E-state index contributed by atoms with van der Waals surface area (Å²) < 4.78 is 54.4. The summed E-state index contributed by atoms with van der Waals surface area (Å²) in [7, 11) is -4.41. The summed E-state index contributed by atoms with van der Waals surface area (Å²) in [6, 6.07) is 9.44. The summed E-state index contributed by atoms with van der Waals surface area (Å²) in [6.07, 6.45) is 1.03. The van der Waals surface area contributed by atoms with Gasteiger partial charge in [-0.05, 0) is 49.4 Å². The molecular formula is C26H30FN3O8S. The lowest BCUT2D eigenvalue weighted by atomic mass is 10.1. The van der Waals surface area contributed by atoms with Gasteiger partial charge < -0.3 is 14.6 Å². The number of nitrogens with one attached hydrogen (secondary N) is 1. The number of carbonyl (C=O) groups is 2. The lowest BCUT2D eigenvalue weighted by molar-refractivity contribution is -0.203. The average molecular weight is 564 g/mol. The quantitative estimate of drug-likeness (QED) is 0.469. The number of piperazine rings is 1. The first-order chi connectivity index (χ1) is 18.8. The first-order valence-electron chi connectivity index (χ1n) is 12.8. The lowest BCUT2D eigenvalue weighted by Gasteiger charge is -2.43. The number of sulfonamides is 1. The summed E-state index contributed by atoms with van der Waals surface area (Å²) >= 11 is 0. The Labute approximate surface area is 225 Å². The molecule has 0 saturated carbocycles. The molecule has 2 bridgehead atoms. The summed E-state index contributed by atoms with van der Waals surface area (Å²) in [4.78, 5) is 31.4. The zero-order chi connectivity index (χ0) is 27.6. The van der Waals surface area contributed by atoms with E-state index in [-0.39, 0.29) is 23.8 Å². The molecule has 4 atom stereocenters. The van der Waals surface area contributed by atoms with Gasteiger partial charge in [-0.2, -0.15) is 4.31 Å². The third-order valence-electron chi connectivity index (χ3n) is 7.28. The van der Waals surface area contributed by atoms with Crippen LogP contribution in [0.1, 0.15) is 37.7 Å². The van der Waals surface area contributed by atoms with Crippen molar-refractivity contribution in [2.45, 2.75) is 68.0 Å². The molecule has 0 radical (unpaired) electrons. The Kier molecular flexibility index (Phi) is 8.03. The molecule has 39 heavy (non-hydrogen) atoms. The van der Waals surface area contributed by atoms with E-state index in [4.69, 9.17) is 14.3 Å². The Morgan fingerprint density at radius 2 is 1.90 bits per heavy atom. The normalized spacial score (nSPS) is 25.3. The van der Waals surface area contributed by atoms with E-state index in [1.807, 2.05) is 30.3 Å². The molecule has 3 saturated heterocycles. The minimum Gasteiger partial charge on any atom is -0.486 e. The van der Waals surface area contributed by atoms with Crippen molar-refractivity contribution in [2.24, 2.45) is 0 Å². The first kappa shape index (κ1) is 27.3. The van der Waals surface area contributed by atoms with Gasteiger partial charge in [0.1, 0.15) is 12.6 Å². The van der Waals surface area contributed by atoms with Crippen molar-refractivity contribution in [3.05, 3.63) is 59.9 Å². The number of carboxylic acid groups (broad SMARTS) is 1. The summed E-state index contributed by atoms with van der Waals surface area (Å²) in [6.45, 7) is 0.312. The topological polar surface area (TPSA) is 135 Å². The van der Waals surface area contributed by atoms with E-state index in [2.05, 4.69) is 5.48 Å². The molecule has 11 nitrogen and oxygen atoms in total. The molecule has 3 aliphatic heterocycles. The summed E-state index contributed by atoms with van der Waals surface area (Å²) in [5.41, 5.74) is 3.10. The Balaban J connectivity index is 1.37. The van der Waals surface area contributed by atoms with Gasteiger partial charge in [-0.3, -0.25) is 9.69 Å². The van der Waals surface area contributed by atoms with E-state index in [1.165, 1.54) is 12.1 Å². The number of hydroxylamine groups is 1. The van der Waals surface area contributed by atoms with E-state index in [9.17, 15) is 27.5 Å². The number of benzene rings is 2. The molecule has 5 rings (SSSR count). The molecule has 3 fully saturated rings. The van der Waals surface area contributed by atoms with Crippen molar-refractivity contribution in [3.63, 3.8) is 0 Å². The van der Waals surface area contributed by atoms with Crippen molar-refractivity contribution in [2.75, 3.05) is 13.2 Å². The van der Waals surface area contributed by atoms with Crippen molar-refractivity contribution < 1.29 is 41.8 Å². The first-order valence-corrected chi connectivity index (χ1v) is 14.3. The fourth-order valence-corrected chi connectivity index (χ4v) is 7.05. The van der Waals surface area contributed by atoms with E-state index < -0.39 is 52.3 Å². The zero-order valence-corrected chi connectivity index (χ0v) is 21.9. The maximum atomic E-state index is 15.0. The molecule has 3 aliphatic rings. The standard InChI is InChI=1S/C26H30FN3O8S/c27-20-14-19(10-12-22(20)37-16-17-6-2-1-3-7-17)39(34,35)29-15-18-9-11-21(30(18)26(32)33)24(29)25(31)28-38-23-8-4-5-13-36-23/h1-3,6-7,10,12,14,18,21,23-24H,4-5,8-9,11,13,15-16H2,(H,28,31)(H,32,33)/t18-,21?,23?,24-/m1/s1. The highest BCUT2D eigenvalue weighted by Crippen LogP contribution is 2.38. The number of fused-ring (bicyclic) bond motifs is 2. The van der Waals surface area contributed by atoms with Gasteiger partial charge in [-0.1, -0.05) is 30.3 Å². The molecule has 0 aliphatic carbocycles. The highest BCUT2D eigenvalue weighted by Gasteiger charge is 2.55. The van der Waals surface area contributed by atoms with Crippen LogP contribution in [-0.4, -0.2) is 72.3 Å². The molecule has 2 amide bonds. The molecule has 2 N–H and O–H groups in total. The minimum atomic E-state index is -4.41. The van der Waals surface area contributed by atoms with Crippen molar-refractivity contribution >= 4 is 22.0 Å². The third kappa shape index (κ3) is 5.71. The van der Waals surface area contributed by atoms with Crippen LogP contribution in [-0.2, 0) is 31.0 Å². The molecule has 13 heteroatoms. The van der Waals surface area contributed by atoms with Crippen molar-refractivity contribution in [1.82, 2.24) is 14.7 Å². The minimum absolute atomic E-state index is 0.0946. The van der Waals surface area contributed by atoms with Crippen LogP contribution in [0, 0.1) is 5.82 Å². The monoisotopic (exact) mass is 563 g/mol. The smallest absolute Gasteiger partial charge is 0.407 e. The summed E-state index contributed by atoms with van der Waals surface area (Å²) in [5.74, 6) is -1.81. The predicted octanol–water partition coefficient (Wildman–Crippen LogP) is 2.86. The largest absolute Gasteiger partial charge is 0.486 e. The second-order valence-corrected chi connectivity index (χ2v) is 11.6. The van der Waals surface area contributed by atoms with Crippen LogP contribution in [0.4, 0.5) is 9.18 Å². The summed E-state index contributed by atoms with van der Waals surface area (Å²) in [5, 5.41) is 9.77. The van der Waals surface area contributed by atoms with Crippen LogP contribution in [0.3, 0.4) is 0 Å². The van der Waals surface area contributed by atoms with Gasteiger partial charge in [0.2, 0.25) is 10.0 Å². The molecule has 210 valence electrons. The van der Waals surface area contributed by atoms with Gasteiger partial charge in [-0.25, -0.2) is 27.9 Å². The molecule has 2 aromatic carbocycles. The number of rotatable bonds is 8. The van der Waals surface area contributed by atoms with Gasteiger partial charge in [-0.15, -0.1) is 0 Å². The maximum absolute atomic E-state index is 15.0. The number of ether oxygens (including phenoxy) is 2. The number of hydrogen-bond acceptors (Lipinski definition) is 7. The molecule has 2 unspecified atom stereocenters. The molecule has 0 spiro atoms. The number of hydrogen-bond donors (Lipinski definition) is 2. The fourth-order valence-electron chi connectivity index (χ4n) is 5.38. The fraction of sp³-hybridized carbons (Fsp3) is 0.462. The maximum Gasteiger partial charge on any atom is 0.407 e. The number of halogens is 1. The van der Waals surface area contributed by atoms with Crippen molar-refractivity contribution in [1.29, 1.82) is 0 Å². The second-order valence-electron chi connectivity index (χ2n) is 9.75. The van der Waals surface area contributed by atoms with Crippen LogP contribution in [0.2, 0.25) is 0 Å². The van der Waals surface area contributed by atoms with Crippen molar-refractivity contribution in [3.8, 4) is 5.75 Å². The van der Waals surface area contributed by atoms with Gasteiger partial charge >= 0.3 is 6.09 Å². The molecule has 2 aromatic rings. The highest BCUT2D eigenvalue weighted by atomic mass is 32.2. The van der Waals surface area contributed by atoms with E-state index >= 15 is 0 Å². The molecule has 3 heterocycles. The van der Waals surface area contributed by atoms with Gasteiger partial charge in [0.15, 0.2) is 17.9 Å². The third-order valence-corrected chi connectivity index (χ3v) is 9.12. The Morgan fingerprint density at radius 1 is 1.10 bits per heavy atom. The second kappa shape index (κ2) is 11.5. The number of carbonyl (C=O) groups excluding carboxylic acids is 1. The highest BCUT2D eigenvalue weighted by molar-refractivity contribution is 7.89. The Bertz CT molecular complexity index is 1310. The van der Waals surface area contributed by atoms with Gasteiger partial charge in [0.05, 0.1) is 10.9 Å². The molecular weight excluding hydrogens is 533 g/mol.